The number of rotatable bonds is 4. The van der Waals surface area contributed by atoms with Crippen LogP contribution in [-0.4, -0.2) is 8.11 Å². The van der Waals surface area contributed by atoms with E-state index in [1.807, 2.05) is 0 Å². The number of halogens is 1. The quantitative estimate of drug-likeness (QED) is 0.475. The molecule has 0 bridgehead atoms. The van der Waals surface area contributed by atoms with Gasteiger partial charge in [-0.1, -0.05) is 54.4 Å². The summed E-state index contributed by atoms with van der Waals surface area (Å²) in [6.07, 6.45) is 2.41. The molecule has 0 aromatic heterocycles. The summed E-state index contributed by atoms with van der Waals surface area (Å²) in [5, 5.41) is 0.780. The highest BCUT2D eigenvalue weighted by atomic mass is 35.6. The average molecular weight is 207 g/mol. The molecule has 0 aromatic carbocycles. The van der Waals surface area contributed by atoms with Gasteiger partial charge in [0, 0.05) is 0 Å². The van der Waals surface area contributed by atoms with Crippen molar-refractivity contribution >= 4 is 19.2 Å². The molecule has 74 valence electrons. The summed E-state index contributed by atoms with van der Waals surface area (Å²) in [5.74, 6) is 0. The van der Waals surface area contributed by atoms with Gasteiger partial charge in [0.1, 0.15) is 0 Å². The molecule has 0 heterocycles. The first-order chi connectivity index (χ1) is 5.28. The van der Waals surface area contributed by atoms with Crippen molar-refractivity contribution in [3.8, 4) is 0 Å². The Morgan fingerprint density at radius 1 is 0.917 bits per heavy atom. The van der Waals surface area contributed by atoms with Crippen LogP contribution in [0.1, 0.15) is 54.4 Å². The Hall–Kier alpha value is 0.507. The molecule has 2 heteroatoms. The lowest BCUT2D eigenvalue weighted by Crippen LogP contribution is -2.32. The van der Waals surface area contributed by atoms with E-state index in [9.17, 15) is 0 Å². The fourth-order valence-electron chi connectivity index (χ4n) is 1.42. The van der Waals surface area contributed by atoms with Gasteiger partial charge in [-0.25, -0.2) is 0 Å². The molecule has 0 unspecified atom stereocenters. The van der Waals surface area contributed by atoms with Crippen LogP contribution in [-0.2, 0) is 0 Å². The maximum absolute atomic E-state index is 6.60. The molecule has 0 saturated carbocycles. The standard InChI is InChI=1S/C10H23ClSi/c1-7-9(3,4)12(11)10(5,6)8-2/h12H,7-8H2,1-6H3. The lowest BCUT2D eigenvalue weighted by atomic mass is 10.1. The zero-order valence-corrected chi connectivity index (χ0v) is 11.3. The Labute approximate surface area is 84.0 Å². The Kier molecular flexibility index (Phi) is 4.32. The lowest BCUT2D eigenvalue weighted by molar-refractivity contribution is 0.563. The minimum Gasteiger partial charge on any atom is -0.170 e. The summed E-state index contributed by atoms with van der Waals surface area (Å²) in [4.78, 5) is 0. The normalized spacial score (nSPS) is 14.0. The van der Waals surface area contributed by atoms with Crippen molar-refractivity contribution in [3.63, 3.8) is 0 Å². The molecular formula is C10H23ClSi. The topological polar surface area (TPSA) is 0 Å². The molecule has 0 rings (SSSR count). The maximum Gasteiger partial charge on any atom is 0.152 e. The molecule has 0 fully saturated rings. The van der Waals surface area contributed by atoms with Gasteiger partial charge in [-0.3, -0.25) is 0 Å². The Morgan fingerprint density at radius 2 is 1.17 bits per heavy atom. The summed E-state index contributed by atoms with van der Waals surface area (Å²) in [7, 11) is -1.15. The van der Waals surface area contributed by atoms with Gasteiger partial charge in [-0.05, 0) is 10.1 Å². The van der Waals surface area contributed by atoms with Gasteiger partial charge >= 0.3 is 0 Å². The van der Waals surface area contributed by atoms with Gasteiger partial charge in [0.05, 0.1) is 0 Å². The largest absolute Gasteiger partial charge is 0.170 e. The molecule has 0 N–H and O–H groups in total. The average Bonchev–Trinajstić information content (AvgIpc) is 2.03. The van der Waals surface area contributed by atoms with Crippen molar-refractivity contribution in [1.82, 2.24) is 0 Å². The molecule has 0 aliphatic carbocycles. The predicted octanol–water partition coefficient (Wildman–Crippen LogP) is 4.33. The molecule has 0 aromatic rings. The van der Waals surface area contributed by atoms with Crippen LogP contribution in [0.5, 0.6) is 0 Å². The summed E-state index contributed by atoms with van der Waals surface area (Å²) < 4.78 is 0. The van der Waals surface area contributed by atoms with Crippen LogP contribution < -0.4 is 0 Å². The molecule has 0 aliphatic rings. The van der Waals surface area contributed by atoms with E-state index in [2.05, 4.69) is 41.5 Å². The first-order valence-electron chi connectivity index (χ1n) is 4.92. The van der Waals surface area contributed by atoms with E-state index < -0.39 is 8.11 Å². The lowest BCUT2D eigenvalue weighted by Gasteiger charge is -2.38. The highest BCUT2D eigenvalue weighted by molar-refractivity contribution is 7.10. The monoisotopic (exact) mass is 206 g/mol. The smallest absolute Gasteiger partial charge is 0.152 e. The molecule has 0 spiro atoms. The minimum absolute atomic E-state index is 0.390. The second-order valence-corrected chi connectivity index (χ2v) is 10.2. The van der Waals surface area contributed by atoms with E-state index in [0.717, 1.165) is 0 Å². The minimum atomic E-state index is -1.15. The zero-order chi connectivity index (χ0) is 9.99. The second kappa shape index (κ2) is 4.14. The Morgan fingerprint density at radius 3 is 1.33 bits per heavy atom. The summed E-state index contributed by atoms with van der Waals surface area (Å²) in [6, 6.07) is 0. The van der Waals surface area contributed by atoms with Gasteiger partial charge in [-0.15, -0.1) is 0 Å². The fraction of sp³-hybridized carbons (Fsp3) is 1.00. The van der Waals surface area contributed by atoms with Crippen LogP contribution >= 0.6 is 11.1 Å². The second-order valence-electron chi connectivity index (χ2n) is 5.05. The van der Waals surface area contributed by atoms with Crippen molar-refractivity contribution in [3.05, 3.63) is 0 Å². The van der Waals surface area contributed by atoms with Gasteiger partial charge < -0.3 is 0 Å². The van der Waals surface area contributed by atoms with Gasteiger partial charge in [0.25, 0.3) is 0 Å². The summed E-state index contributed by atoms with van der Waals surface area (Å²) >= 11 is 6.60. The van der Waals surface area contributed by atoms with Gasteiger partial charge in [0.2, 0.25) is 0 Å². The first kappa shape index (κ1) is 12.5. The van der Waals surface area contributed by atoms with E-state index in [0.29, 0.717) is 10.1 Å². The molecule has 0 nitrogen and oxygen atoms in total. The van der Waals surface area contributed by atoms with Crippen LogP contribution in [0.25, 0.3) is 0 Å². The SMILES string of the molecule is CCC(C)(C)[SiH](Cl)C(C)(C)CC. The Bertz CT molecular complexity index is 125. The van der Waals surface area contributed by atoms with Gasteiger partial charge in [0.15, 0.2) is 8.11 Å². The molecule has 0 radical (unpaired) electrons. The molecule has 0 saturated heterocycles. The van der Waals surface area contributed by atoms with E-state index in [1.54, 1.807) is 0 Å². The number of hydrogen-bond acceptors (Lipinski definition) is 0. The highest BCUT2D eigenvalue weighted by Crippen LogP contribution is 2.48. The third-order valence-corrected chi connectivity index (χ3v) is 10.3. The third kappa shape index (κ3) is 2.77. The van der Waals surface area contributed by atoms with E-state index in [1.165, 1.54) is 12.8 Å². The van der Waals surface area contributed by atoms with E-state index in [-0.39, 0.29) is 0 Å². The van der Waals surface area contributed by atoms with Crippen LogP contribution in [0.15, 0.2) is 0 Å². The van der Waals surface area contributed by atoms with Crippen molar-refractivity contribution in [2.24, 2.45) is 0 Å². The number of hydrogen-bond donors (Lipinski definition) is 0. The predicted molar refractivity (Wildman–Crippen MR) is 61.7 cm³/mol. The van der Waals surface area contributed by atoms with Crippen molar-refractivity contribution in [1.29, 1.82) is 0 Å². The zero-order valence-electron chi connectivity index (χ0n) is 9.37. The van der Waals surface area contributed by atoms with E-state index in [4.69, 9.17) is 11.1 Å². The van der Waals surface area contributed by atoms with Crippen LogP contribution in [0.3, 0.4) is 0 Å². The fourth-order valence-corrected chi connectivity index (χ4v) is 5.17. The molecular weight excluding hydrogens is 184 g/mol. The van der Waals surface area contributed by atoms with Crippen LogP contribution in [0.2, 0.25) is 10.1 Å². The van der Waals surface area contributed by atoms with Crippen LogP contribution in [0.4, 0.5) is 0 Å². The maximum atomic E-state index is 6.60. The van der Waals surface area contributed by atoms with Crippen molar-refractivity contribution in [2.75, 3.05) is 0 Å². The van der Waals surface area contributed by atoms with E-state index >= 15 is 0 Å². The summed E-state index contributed by atoms with van der Waals surface area (Å²) in [5.41, 5.74) is 0. The Balaban J connectivity index is 4.47. The molecule has 12 heavy (non-hydrogen) atoms. The third-order valence-electron chi connectivity index (χ3n) is 3.19. The van der Waals surface area contributed by atoms with Crippen molar-refractivity contribution < 1.29 is 0 Å². The molecule has 0 atom stereocenters. The van der Waals surface area contributed by atoms with Gasteiger partial charge in [-0.2, -0.15) is 11.1 Å². The summed E-state index contributed by atoms with van der Waals surface area (Å²) in [6.45, 7) is 13.7. The molecule has 0 aliphatic heterocycles. The van der Waals surface area contributed by atoms with Crippen LogP contribution in [0, 0.1) is 0 Å². The first-order valence-corrected chi connectivity index (χ1v) is 7.82. The highest BCUT2D eigenvalue weighted by Gasteiger charge is 2.38. The molecule has 0 amide bonds. The van der Waals surface area contributed by atoms with Crippen molar-refractivity contribution in [2.45, 2.75) is 64.5 Å².